The Morgan fingerprint density at radius 2 is 1.75 bits per heavy atom. The van der Waals surface area contributed by atoms with Crippen molar-refractivity contribution in [2.45, 2.75) is 48.5 Å². The predicted octanol–water partition coefficient (Wildman–Crippen LogP) is 5.57. The zero-order chi connectivity index (χ0) is 15.5. The highest BCUT2D eigenvalue weighted by molar-refractivity contribution is 5.75. The lowest BCUT2D eigenvalue weighted by Gasteiger charge is -2.21. The topological polar surface area (TPSA) is 12.9 Å². The normalized spacial score (nSPS) is 13.6. The number of nitrogens with zero attached hydrogens (tertiary/aromatic N) is 1. The van der Waals surface area contributed by atoms with Gasteiger partial charge in [0.25, 0.3) is 0 Å². The number of aromatic nitrogens is 1. The number of hydrogen-bond acceptors (Lipinski definition) is 1. The zero-order valence-corrected chi connectivity index (χ0v) is 14.0. The predicted molar refractivity (Wildman–Crippen MR) is 89.8 cm³/mol. The molecule has 0 unspecified atom stereocenters. The summed E-state index contributed by atoms with van der Waals surface area (Å²) in [5.74, 6) is 0. The van der Waals surface area contributed by atoms with Crippen LogP contribution in [0, 0.1) is 26.2 Å². The molecular weight excluding hydrogens is 242 g/mol. The van der Waals surface area contributed by atoms with E-state index in [4.69, 9.17) is 4.98 Å². The molecule has 108 valence electrons. The van der Waals surface area contributed by atoms with Crippen molar-refractivity contribution in [3.63, 3.8) is 0 Å². The molecule has 1 aromatic rings. The molecule has 20 heavy (non-hydrogen) atoms. The molecule has 0 bridgehead atoms. The van der Waals surface area contributed by atoms with Crippen molar-refractivity contribution in [2.75, 3.05) is 0 Å². The van der Waals surface area contributed by atoms with E-state index in [1.54, 1.807) is 0 Å². The van der Waals surface area contributed by atoms with Crippen molar-refractivity contribution in [2.24, 2.45) is 5.41 Å². The maximum Gasteiger partial charge on any atom is 0.0731 e. The smallest absolute Gasteiger partial charge is 0.0731 e. The number of rotatable bonds is 3. The maximum absolute atomic E-state index is 4.77. The van der Waals surface area contributed by atoms with Crippen molar-refractivity contribution in [3.8, 4) is 0 Å². The highest BCUT2D eigenvalue weighted by Gasteiger charge is 2.16. The van der Waals surface area contributed by atoms with Gasteiger partial charge in [-0.1, -0.05) is 45.6 Å². The summed E-state index contributed by atoms with van der Waals surface area (Å²) in [5, 5.41) is 0. The summed E-state index contributed by atoms with van der Waals surface area (Å²) in [6.07, 6.45) is 6.27. The van der Waals surface area contributed by atoms with E-state index in [0.29, 0.717) is 0 Å². The van der Waals surface area contributed by atoms with E-state index in [9.17, 15) is 0 Å². The summed E-state index contributed by atoms with van der Waals surface area (Å²) in [7, 11) is 0. The van der Waals surface area contributed by atoms with Crippen LogP contribution in [0.15, 0.2) is 36.4 Å². The molecule has 0 atom stereocenters. The highest BCUT2D eigenvalue weighted by atomic mass is 14.7. The van der Waals surface area contributed by atoms with Crippen LogP contribution in [0.4, 0.5) is 0 Å². The Balaban J connectivity index is 3.39. The number of allylic oxidation sites excluding steroid dienone is 5. The fraction of sp³-hybridized carbons (Fsp3) is 0.421. The Bertz CT molecular complexity index is 566. The van der Waals surface area contributed by atoms with Gasteiger partial charge < -0.3 is 0 Å². The maximum atomic E-state index is 4.77. The van der Waals surface area contributed by atoms with Gasteiger partial charge in [0.05, 0.1) is 5.69 Å². The Kier molecular flexibility index (Phi) is 5.10. The second kappa shape index (κ2) is 6.21. The van der Waals surface area contributed by atoms with Crippen LogP contribution < -0.4 is 0 Å². The first kappa shape index (κ1) is 16.4. The summed E-state index contributed by atoms with van der Waals surface area (Å²) >= 11 is 0. The molecule has 1 heterocycles. The minimum atomic E-state index is 0.0870. The standard InChI is InChI=1S/C19H27N/c1-9-16(12-17(10-2)19(6,7)8)18-14(4)11-13(3)15(5)20-18/h9-12H,2H2,1,3-8H3/b16-9+,17-12+. The molecule has 0 radical (unpaired) electrons. The molecule has 0 saturated heterocycles. The van der Waals surface area contributed by atoms with Crippen molar-refractivity contribution in [1.29, 1.82) is 0 Å². The van der Waals surface area contributed by atoms with E-state index in [1.807, 2.05) is 6.08 Å². The van der Waals surface area contributed by atoms with E-state index in [0.717, 1.165) is 17.0 Å². The number of aryl methyl sites for hydroxylation is 3. The largest absolute Gasteiger partial charge is 0.253 e. The Morgan fingerprint density at radius 3 is 2.20 bits per heavy atom. The number of hydrogen-bond donors (Lipinski definition) is 0. The third-order valence-corrected chi connectivity index (χ3v) is 3.64. The average molecular weight is 269 g/mol. The van der Waals surface area contributed by atoms with Crippen LogP contribution in [-0.2, 0) is 0 Å². The van der Waals surface area contributed by atoms with Gasteiger partial charge in [0.2, 0.25) is 0 Å². The van der Waals surface area contributed by atoms with Crippen LogP contribution in [0.3, 0.4) is 0 Å². The molecule has 1 rings (SSSR count). The van der Waals surface area contributed by atoms with Crippen LogP contribution >= 0.6 is 0 Å². The lowest BCUT2D eigenvalue weighted by Crippen LogP contribution is -2.08. The zero-order valence-electron chi connectivity index (χ0n) is 14.0. The molecule has 0 saturated carbocycles. The van der Waals surface area contributed by atoms with E-state index in [-0.39, 0.29) is 5.41 Å². The molecule has 0 aliphatic rings. The number of pyridine rings is 1. The SMILES string of the molecule is C=C/C(=C\C(=C/C)c1nc(C)c(C)cc1C)C(C)(C)C. The molecule has 1 heteroatoms. The lowest BCUT2D eigenvalue weighted by molar-refractivity contribution is 0.517. The van der Waals surface area contributed by atoms with Gasteiger partial charge in [-0.2, -0.15) is 0 Å². The minimum Gasteiger partial charge on any atom is -0.253 e. The fourth-order valence-electron chi connectivity index (χ4n) is 2.17. The van der Waals surface area contributed by atoms with Crippen molar-refractivity contribution >= 4 is 5.57 Å². The van der Waals surface area contributed by atoms with Crippen LogP contribution in [0.2, 0.25) is 0 Å². The van der Waals surface area contributed by atoms with Crippen LogP contribution in [-0.4, -0.2) is 4.98 Å². The van der Waals surface area contributed by atoms with E-state index < -0.39 is 0 Å². The molecular formula is C19H27N. The summed E-state index contributed by atoms with van der Waals surface area (Å²) in [4.78, 5) is 4.77. The molecule has 0 N–H and O–H groups in total. The third kappa shape index (κ3) is 3.69. The van der Waals surface area contributed by atoms with Crippen molar-refractivity contribution < 1.29 is 0 Å². The first-order valence-corrected chi connectivity index (χ1v) is 7.16. The fourth-order valence-corrected chi connectivity index (χ4v) is 2.17. The Morgan fingerprint density at radius 1 is 1.15 bits per heavy atom. The van der Waals surface area contributed by atoms with Crippen LogP contribution in [0.1, 0.15) is 50.2 Å². The Hall–Kier alpha value is -1.63. The molecule has 0 spiro atoms. The van der Waals surface area contributed by atoms with E-state index >= 15 is 0 Å². The molecule has 1 aromatic heterocycles. The highest BCUT2D eigenvalue weighted by Crippen LogP contribution is 2.30. The van der Waals surface area contributed by atoms with Gasteiger partial charge in [-0.15, -0.1) is 0 Å². The molecule has 1 nitrogen and oxygen atoms in total. The van der Waals surface area contributed by atoms with Gasteiger partial charge in [0.1, 0.15) is 0 Å². The van der Waals surface area contributed by atoms with Gasteiger partial charge in [-0.05, 0) is 61.5 Å². The second-order valence-corrected chi connectivity index (χ2v) is 6.35. The van der Waals surface area contributed by atoms with Crippen molar-refractivity contribution in [1.82, 2.24) is 4.98 Å². The average Bonchev–Trinajstić information content (AvgIpc) is 2.34. The summed E-state index contributed by atoms with van der Waals surface area (Å²) in [6, 6.07) is 2.21. The summed E-state index contributed by atoms with van der Waals surface area (Å²) in [6.45, 7) is 18.9. The summed E-state index contributed by atoms with van der Waals surface area (Å²) < 4.78 is 0. The van der Waals surface area contributed by atoms with Crippen LogP contribution in [0.5, 0.6) is 0 Å². The molecule has 0 aromatic carbocycles. The first-order chi connectivity index (χ1) is 9.20. The Labute approximate surface area is 124 Å². The van der Waals surface area contributed by atoms with E-state index in [2.05, 4.69) is 73.3 Å². The van der Waals surface area contributed by atoms with Gasteiger partial charge >= 0.3 is 0 Å². The quantitative estimate of drug-likeness (QED) is 0.654. The summed E-state index contributed by atoms with van der Waals surface area (Å²) in [5.41, 5.74) is 7.10. The van der Waals surface area contributed by atoms with Crippen molar-refractivity contribution in [3.05, 3.63) is 59.0 Å². The first-order valence-electron chi connectivity index (χ1n) is 7.16. The molecule has 0 aliphatic carbocycles. The lowest BCUT2D eigenvalue weighted by atomic mass is 9.84. The molecule has 0 aliphatic heterocycles. The molecule has 0 fully saturated rings. The van der Waals surface area contributed by atoms with Gasteiger partial charge in [0.15, 0.2) is 0 Å². The monoisotopic (exact) mass is 269 g/mol. The third-order valence-electron chi connectivity index (χ3n) is 3.64. The van der Waals surface area contributed by atoms with Gasteiger partial charge in [0, 0.05) is 5.69 Å². The van der Waals surface area contributed by atoms with Gasteiger partial charge in [-0.3, -0.25) is 4.98 Å². The van der Waals surface area contributed by atoms with Crippen LogP contribution in [0.25, 0.3) is 5.57 Å². The van der Waals surface area contributed by atoms with Gasteiger partial charge in [-0.25, -0.2) is 0 Å². The van der Waals surface area contributed by atoms with E-state index in [1.165, 1.54) is 16.7 Å². The molecule has 0 amide bonds. The minimum absolute atomic E-state index is 0.0870. The second-order valence-electron chi connectivity index (χ2n) is 6.35.